The first-order valence-corrected chi connectivity index (χ1v) is 3.96. The van der Waals surface area contributed by atoms with E-state index in [-0.39, 0.29) is 0 Å². The molecule has 1 amide bonds. The molecule has 1 aliphatic rings. The van der Waals surface area contributed by atoms with E-state index in [9.17, 15) is 4.79 Å². The summed E-state index contributed by atoms with van der Waals surface area (Å²) in [5, 5.41) is 0. The Hall–Kier alpha value is -0.610. The molecule has 4 heteroatoms. The maximum absolute atomic E-state index is 9.93. The highest BCUT2D eigenvalue weighted by Crippen LogP contribution is 2.06. The second-order valence-corrected chi connectivity index (χ2v) is 2.98. The van der Waals surface area contributed by atoms with E-state index in [0.29, 0.717) is 12.5 Å². The van der Waals surface area contributed by atoms with E-state index < -0.39 is 0 Å². The lowest BCUT2D eigenvalue weighted by Crippen LogP contribution is -2.46. The molecule has 0 aromatic carbocycles. The fourth-order valence-electron chi connectivity index (χ4n) is 1.30. The molecule has 0 atom stereocenters. The quantitative estimate of drug-likeness (QED) is 0.422. The molecule has 1 rings (SSSR count). The number of carbonyl (C=O) groups is 1. The molecule has 1 fully saturated rings. The van der Waals surface area contributed by atoms with Crippen molar-refractivity contribution in [2.75, 3.05) is 20.1 Å². The predicted molar refractivity (Wildman–Crippen MR) is 42.9 cm³/mol. The molecule has 0 aromatic rings. The van der Waals surface area contributed by atoms with Crippen LogP contribution in [0.25, 0.3) is 0 Å². The number of nitrogens with one attached hydrogen (secondary N) is 2. The molecule has 0 bridgehead atoms. The molecule has 1 saturated heterocycles. The summed E-state index contributed by atoms with van der Waals surface area (Å²) in [5.41, 5.74) is 5.43. The molecule has 1 aliphatic heterocycles. The molecule has 0 aliphatic carbocycles. The average molecular weight is 157 g/mol. The Bertz CT molecular complexity index is 121. The standard InChI is InChI=1S/C7H15N3O/c1-10-4-2-7(3-5-10)9-8-6-11/h6-7,9H,2-5H2,1H3,(H,8,11). The van der Waals surface area contributed by atoms with Gasteiger partial charge in [-0.1, -0.05) is 0 Å². The smallest absolute Gasteiger partial charge is 0.221 e. The highest BCUT2D eigenvalue weighted by atomic mass is 16.1. The van der Waals surface area contributed by atoms with Crippen molar-refractivity contribution in [3.8, 4) is 0 Å². The second-order valence-electron chi connectivity index (χ2n) is 2.98. The molecular formula is C7H15N3O. The average Bonchev–Trinajstić information content (AvgIpc) is 2.04. The van der Waals surface area contributed by atoms with Crippen molar-refractivity contribution in [3.05, 3.63) is 0 Å². The summed E-state index contributed by atoms with van der Waals surface area (Å²) in [4.78, 5) is 12.2. The predicted octanol–water partition coefficient (Wildman–Crippen LogP) is -0.669. The lowest BCUT2D eigenvalue weighted by Gasteiger charge is -2.28. The van der Waals surface area contributed by atoms with Gasteiger partial charge >= 0.3 is 0 Å². The maximum atomic E-state index is 9.93. The molecule has 0 saturated carbocycles. The van der Waals surface area contributed by atoms with Crippen molar-refractivity contribution in [3.63, 3.8) is 0 Å². The lowest BCUT2D eigenvalue weighted by molar-refractivity contribution is -0.110. The van der Waals surface area contributed by atoms with Crippen molar-refractivity contribution in [2.45, 2.75) is 18.9 Å². The lowest BCUT2D eigenvalue weighted by atomic mass is 10.1. The molecule has 1 heterocycles. The van der Waals surface area contributed by atoms with E-state index in [2.05, 4.69) is 22.8 Å². The first-order chi connectivity index (χ1) is 5.33. The zero-order chi connectivity index (χ0) is 8.10. The summed E-state index contributed by atoms with van der Waals surface area (Å²) in [6.45, 7) is 2.22. The van der Waals surface area contributed by atoms with Crippen molar-refractivity contribution >= 4 is 6.41 Å². The minimum absolute atomic E-state index is 0.455. The molecular weight excluding hydrogens is 142 g/mol. The number of piperidine rings is 1. The molecule has 0 radical (unpaired) electrons. The number of nitrogens with zero attached hydrogens (tertiary/aromatic N) is 1. The van der Waals surface area contributed by atoms with Crippen molar-refractivity contribution in [2.24, 2.45) is 0 Å². The van der Waals surface area contributed by atoms with Crippen LogP contribution >= 0.6 is 0 Å². The summed E-state index contributed by atoms with van der Waals surface area (Å²) >= 11 is 0. The zero-order valence-corrected chi connectivity index (χ0v) is 6.84. The second kappa shape index (κ2) is 4.31. The number of hydrogen-bond acceptors (Lipinski definition) is 3. The van der Waals surface area contributed by atoms with Gasteiger partial charge < -0.3 is 4.90 Å². The SMILES string of the molecule is CN1CCC(NNC=O)CC1. The zero-order valence-electron chi connectivity index (χ0n) is 6.84. The number of hydrogen-bond donors (Lipinski definition) is 2. The van der Waals surface area contributed by atoms with Gasteiger partial charge in [0.1, 0.15) is 0 Å². The Morgan fingerprint density at radius 1 is 1.45 bits per heavy atom. The number of carbonyl (C=O) groups excluding carboxylic acids is 1. The summed E-state index contributed by atoms with van der Waals surface area (Å²) in [5.74, 6) is 0. The van der Waals surface area contributed by atoms with Crippen LogP contribution in [0.5, 0.6) is 0 Å². The minimum atomic E-state index is 0.455. The van der Waals surface area contributed by atoms with Crippen LogP contribution in [0.4, 0.5) is 0 Å². The Balaban J connectivity index is 2.12. The molecule has 2 N–H and O–H groups in total. The van der Waals surface area contributed by atoms with Crippen LogP contribution in [0.15, 0.2) is 0 Å². The topological polar surface area (TPSA) is 44.4 Å². The fourth-order valence-corrected chi connectivity index (χ4v) is 1.30. The maximum Gasteiger partial charge on any atom is 0.221 e. The largest absolute Gasteiger partial charge is 0.306 e. The van der Waals surface area contributed by atoms with Gasteiger partial charge in [-0.05, 0) is 33.0 Å². The first kappa shape index (κ1) is 8.49. The van der Waals surface area contributed by atoms with Crippen LogP contribution in [0.3, 0.4) is 0 Å². The monoisotopic (exact) mass is 157 g/mol. The van der Waals surface area contributed by atoms with E-state index >= 15 is 0 Å². The summed E-state index contributed by atoms with van der Waals surface area (Å²) in [7, 11) is 2.11. The highest BCUT2D eigenvalue weighted by Gasteiger charge is 2.15. The Morgan fingerprint density at radius 2 is 2.09 bits per heavy atom. The van der Waals surface area contributed by atoms with E-state index in [1.807, 2.05) is 0 Å². The number of rotatable bonds is 3. The van der Waals surface area contributed by atoms with Gasteiger partial charge in [-0.2, -0.15) is 0 Å². The third-order valence-corrected chi connectivity index (χ3v) is 2.06. The summed E-state index contributed by atoms with van der Waals surface area (Å²) in [6, 6.07) is 0.455. The number of hydrazine groups is 1. The first-order valence-electron chi connectivity index (χ1n) is 3.96. The fraction of sp³-hybridized carbons (Fsp3) is 0.857. The Labute approximate surface area is 66.9 Å². The van der Waals surface area contributed by atoms with E-state index in [4.69, 9.17) is 0 Å². The minimum Gasteiger partial charge on any atom is -0.306 e. The van der Waals surface area contributed by atoms with Crippen LogP contribution in [-0.4, -0.2) is 37.5 Å². The van der Waals surface area contributed by atoms with Crippen LogP contribution < -0.4 is 10.9 Å². The van der Waals surface area contributed by atoms with Crippen LogP contribution in [0.1, 0.15) is 12.8 Å². The van der Waals surface area contributed by atoms with Gasteiger partial charge in [-0.15, -0.1) is 0 Å². The van der Waals surface area contributed by atoms with Gasteiger partial charge in [0.05, 0.1) is 0 Å². The molecule has 64 valence electrons. The van der Waals surface area contributed by atoms with E-state index in [0.717, 1.165) is 25.9 Å². The van der Waals surface area contributed by atoms with Gasteiger partial charge in [0, 0.05) is 6.04 Å². The van der Waals surface area contributed by atoms with Crippen LogP contribution in [0, 0.1) is 0 Å². The molecule has 0 aromatic heterocycles. The molecule has 0 unspecified atom stereocenters. The number of amides is 1. The van der Waals surface area contributed by atoms with Gasteiger partial charge in [-0.25, -0.2) is 5.43 Å². The van der Waals surface area contributed by atoms with Gasteiger partial charge in [-0.3, -0.25) is 10.2 Å². The van der Waals surface area contributed by atoms with Gasteiger partial charge in [0.15, 0.2) is 0 Å². The van der Waals surface area contributed by atoms with Crippen molar-refractivity contribution in [1.82, 2.24) is 15.8 Å². The summed E-state index contributed by atoms with van der Waals surface area (Å²) in [6.07, 6.45) is 2.90. The Morgan fingerprint density at radius 3 is 2.64 bits per heavy atom. The highest BCUT2D eigenvalue weighted by molar-refractivity contribution is 5.44. The van der Waals surface area contributed by atoms with Crippen LogP contribution in [-0.2, 0) is 4.79 Å². The third-order valence-electron chi connectivity index (χ3n) is 2.06. The normalized spacial score (nSPS) is 21.5. The van der Waals surface area contributed by atoms with Gasteiger partial charge in [0.2, 0.25) is 6.41 Å². The van der Waals surface area contributed by atoms with Crippen molar-refractivity contribution < 1.29 is 4.79 Å². The summed E-state index contributed by atoms with van der Waals surface area (Å²) < 4.78 is 0. The van der Waals surface area contributed by atoms with E-state index in [1.54, 1.807) is 0 Å². The Kier molecular flexibility index (Phi) is 3.32. The van der Waals surface area contributed by atoms with E-state index in [1.165, 1.54) is 0 Å². The molecule has 11 heavy (non-hydrogen) atoms. The molecule has 0 spiro atoms. The molecule has 4 nitrogen and oxygen atoms in total. The van der Waals surface area contributed by atoms with Crippen LogP contribution in [0.2, 0.25) is 0 Å². The van der Waals surface area contributed by atoms with Crippen molar-refractivity contribution in [1.29, 1.82) is 0 Å². The third kappa shape index (κ3) is 2.86. The number of likely N-dealkylation sites (tertiary alicyclic amines) is 1. The van der Waals surface area contributed by atoms with Gasteiger partial charge in [0.25, 0.3) is 0 Å².